The van der Waals surface area contributed by atoms with E-state index in [9.17, 15) is 13.2 Å². The van der Waals surface area contributed by atoms with Gasteiger partial charge in [0.15, 0.2) is 5.69 Å². The molecule has 0 spiro atoms. The molecule has 0 saturated carbocycles. The molecule has 1 heterocycles. The fourth-order valence-electron chi connectivity index (χ4n) is 1.39. The van der Waals surface area contributed by atoms with Gasteiger partial charge in [0.2, 0.25) is 0 Å². The molecule has 0 aliphatic carbocycles. The Hall–Kier alpha value is -1.81. The number of aromatic nitrogens is 2. The van der Waals surface area contributed by atoms with Gasteiger partial charge < -0.3 is 0 Å². The summed E-state index contributed by atoms with van der Waals surface area (Å²) in [6.45, 7) is 0. The zero-order chi connectivity index (χ0) is 13.3. The Bertz CT molecular complexity index is 625. The lowest BCUT2D eigenvalue weighted by Crippen LogP contribution is -2.07. The summed E-state index contributed by atoms with van der Waals surface area (Å²) in [5.41, 5.74) is -0.249. The minimum Gasteiger partial charge on any atom is -0.240 e. The Labute approximate surface area is 109 Å². The standard InChI is InChI=1S/C11H5BrF3N3/c12-8-3-7(6-16)4-9(5-8)18-2-1-10(17-18)11(13,14)15/h1-5H. The number of nitrogens with zero attached hydrogens (tertiary/aromatic N) is 3. The smallest absolute Gasteiger partial charge is 0.240 e. The van der Waals surface area contributed by atoms with Gasteiger partial charge in [-0.15, -0.1) is 0 Å². The third-order valence-corrected chi connectivity index (χ3v) is 2.61. The van der Waals surface area contributed by atoms with Crippen molar-refractivity contribution in [3.63, 3.8) is 0 Å². The first-order valence-electron chi connectivity index (χ1n) is 4.74. The van der Waals surface area contributed by atoms with E-state index in [0.717, 1.165) is 10.7 Å². The van der Waals surface area contributed by atoms with E-state index in [2.05, 4.69) is 21.0 Å². The number of rotatable bonds is 1. The van der Waals surface area contributed by atoms with E-state index < -0.39 is 11.9 Å². The molecule has 0 atom stereocenters. The van der Waals surface area contributed by atoms with Crippen molar-refractivity contribution in [1.29, 1.82) is 5.26 Å². The van der Waals surface area contributed by atoms with Crippen molar-refractivity contribution in [1.82, 2.24) is 9.78 Å². The van der Waals surface area contributed by atoms with Crippen molar-refractivity contribution >= 4 is 15.9 Å². The summed E-state index contributed by atoms with van der Waals surface area (Å²) in [6, 6.07) is 7.40. The normalized spacial score (nSPS) is 11.3. The van der Waals surface area contributed by atoms with Crippen LogP contribution < -0.4 is 0 Å². The van der Waals surface area contributed by atoms with Crippen LogP contribution in [0, 0.1) is 11.3 Å². The Kier molecular flexibility index (Phi) is 3.13. The summed E-state index contributed by atoms with van der Waals surface area (Å²) in [4.78, 5) is 0. The molecule has 7 heteroatoms. The van der Waals surface area contributed by atoms with E-state index in [0.29, 0.717) is 15.7 Å². The molecule has 2 aromatic rings. The van der Waals surface area contributed by atoms with Gasteiger partial charge in [-0.1, -0.05) is 15.9 Å². The summed E-state index contributed by atoms with van der Waals surface area (Å²) >= 11 is 3.18. The minimum atomic E-state index is -4.48. The molecule has 0 saturated heterocycles. The first-order valence-corrected chi connectivity index (χ1v) is 5.53. The fourth-order valence-corrected chi connectivity index (χ4v) is 1.87. The minimum absolute atomic E-state index is 0.337. The lowest BCUT2D eigenvalue weighted by Gasteiger charge is -2.04. The molecule has 0 N–H and O–H groups in total. The zero-order valence-electron chi connectivity index (χ0n) is 8.74. The van der Waals surface area contributed by atoms with Gasteiger partial charge in [0.1, 0.15) is 0 Å². The highest BCUT2D eigenvalue weighted by atomic mass is 79.9. The summed E-state index contributed by atoms with van der Waals surface area (Å²) in [5.74, 6) is 0. The highest BCUT2D eigenvalue weighted by molar-refractivity contribution is 9.10. The highest BCUT2D eigenvalue weighted by Gasteiger charge is 2.33. The molecule has 18 heavy (non-hydrogen) atoms. The van der Waals surface area contributed by atoms with Crippen LogP contribution in [0.25, 0.3) is 5.69 Å². The van der Waals surface area contributed by atoms with E-state index in [1.165, 1.54) is 12.3 Å². The molecule has 92 valence electrons. The second-order valence-corrected chi connectivity index (χ2v) is 4.37. The van der Waals surface area contributed by atoms with E-state index in [4.69, 9.17) is 5.26 Å². The molecule has 0 amide bonds. The first-order chi connectivity index (χ1) is 8.40. The number of nitriles is 1. The lowest BCUT2D eigenvalue weighted by molar-refractivity contribution is -0.141. The molecule has 0 bridgehead atoms. The number of hydrogen-bond donors (Lipinski definition) is 0. The van der Waals surface area contributed by atoms with Gasteiger partial charge in [-0.2, -0.15) is 23.5 Å². The molecule has 0 aliphatic rings. The van der Waals surface area contributed by atoms with Crippen LogP contribution in [0.3, 0.4) is 0 Å². The van der Waals surface area contributed by atoms with Gasteiger partial charge in [0, 0.05) is 10.7 Å². The SMILES string of the molecule is N#Cc1cc(Br)cc(-n2ccc(C(F)(F)F)n2)c1. The second kappa shape index (κ2) is 4.46. The van der Waals surface area contributed by atoms with Gasteiger partial charge in [0.05, 0.1) is 17.3 Å². The van der Waals surface area contributed by atoms with Gasteiger partial charge in [-0.3, -0.25) is 0 Å². The Morgan fingerprint density at radius 1 is 1.28 bits per heavy atom. The van der Waals surface area contributed by atoms with Crippen LogP contribution in [0.1, 0.15) is 11.3 Å². The lowest BCUT2D eigenvalue weighted by atomic mass is 10.2. The van der Waals surface area contributed by atoms with Crippen LogP contribution in [0.2, 0.25) is 0 Å². The average Bonchev–Trinajstić information content (AvgIpc) is 2.77. The van der Waals surface area contributed by atoms with E-state index in [1.54, 1.807) is 12.1 Å². The van der Waals surface area contributed by atoms with Crippen LogP contribution in [-0.2, 0) is 6.18 Å². The first kappa shape index (κ1) is 12.6. The van der Waals surface area contributed by atoms with Crippen LogP contribution in [0.5, 0.6) is 0 Å². The zero-order valence-corrected chi connectivity index (χ0v) is 10.3. The second-order valence-electron chi connectivity index (χ2n) is 3.45. The molecule has 2 rings (SSSR count). The van der Waals surface area contributed by atoms with Crippen LogP contribution in [0.4, 0.5) is 13.2 Å². The van der Waals surface area contributed by atoms with Crippen molar-refractivity contribution in [3.05, 3.63) is 46.2 Å². The van der Waals surface area contributed by atoms with Gasteiger partial charge >= 0.3 is 6.18 Å². The van der Waals surface area contributed by atoms with Gasteiger partial charge in [0.25, 0.3) is 0 Å². The quantitative estimate of drug-likeness (QED) is 0.808. The molecule has 0 aliphatic heterocycles. The van der Waals surface area contributed by atoms with Crippen molar-refractivity contribution in [2.24, 2.45) is 0 Å². The van der Waals surface area contributed by atoms with Gasteiger partial charge in [-0.05, 0) is 24.3 Å². The largest absolute Gasteiger partial charge is 0.435 e. The number of benzene rings is 1. The predicted molar refractivity (Wildman–Crippen MR) is 61.0 cm³/mol. The summed E-state index contributed by atoms with van der Waals surface area (Å²) in [5, 5.41) is 12.2. The Balaban J connectivity index is 2.47. The summed E-state index contributed by atoms with van der Waals surface area (Å²) in [7, 11) is 0. The third kappa shape index (κ3) is 2.54. The molecule has 1 aromatic heterocycles. The molecule has 0 fully saturated rings. The maximum atomic E-state index is 12.4. The summed E-state index contributed by atoms with van der Waals surface area (Å²) in [6.07, 6.45) is -3.28. The molecule has 0 radical (unpaired) electrons. The molecule has 0 unspecified atom stereocenters. The molecule has 3 nitrogen and oxygen atoms in total. The van der Waals surface area contributed by atoms with Crippen LogP contribution >= 0.6 is 15.9 Å². The molecular formula is C11H5BrF3N3. The number of alkyl halides is 3. The average molecular weight is 316 g/mol. The van der Waals surface area contributed by atoms with Crippen molar-refractivity contribution in [2.75, 3.05) is 0 Å². The fraction of sp³-hybridized carbons (Fsp3) is 0.0909. The maximum Gasteiger partial charge on any atom is 0.435 e. The third-order valence-electron chi connectivity index (χ3n) is 2.16. The monoisotopic (exact) mass is 315 g/mol. The van der Waals surface area contributed by atoms with Crippen LogP contribution in [-0.4, -0.2) is 9.78 Å². The van der Waals surface area contributed by atoms with Crippen molar-refractivity contribution in [3.8, 4) is 11.8 Å². The summed E-state index contributed by atoms with van der Waals surface area (Å²) < 4.78 is 38.9. The Morgan fingerprint density at radius 2 is 2.00 bits per heavy atom. The predicted octanol–water partition coefficient (Wildman–Crippen LogP) is 3.53. The van der Waals surface area contributed by atoms with Crippen molar-refractivity contribution in [2.45, 2.75) is 6.18 Å². The highest BCUT2D eigenvalue weighted by Crippen LogP contribution is 2.28. The van der Waals surface area contributed by atoms with E-state index in [-0.39, 0.29) is 0 Å². The van der Waals surface area contributed by atoms with E-state index >= 15 is 0 Å². The Morgan fingerprint density at radius 3 is 2.56 bits per heavy atom. The number of halogens is 4. The maximum absolute atomic E-state index is 12.4. The topological polar surface area (TPSA) is 41.6 Å². The van der Waals surface area contributed by atoms with E-state index in [1.807, 2.05) is 6.07 Å². The number of hydrogen-bond acceptors (Lipinski definition) is 2. The molecule has 1 aromatic carbocycles. The van der Waals surface area contributed by atoms with Crippen LogP contribution in [0.15, 0.2) is 34.9 Å². The molecular weight excluding hydrogens is 311 g/mol. The van der Waals surface area contributed by atoms with Crippen molar-refractivity contribution < 1.29 is 13.2 Å². The van der Waals surface area contributed by atoms with Gasteiger partial charge in [-0.25, -0.2) is 4.68 Å².